The fourth-order valence-electron chi connectivity index (χ4n) is 2.79. The summed E-state index contributed by atoms with van der Waals surface area (Å²) >= 11 is 0. The van der Waals surface area contributed by atoms with E-state index in [1.165, 1.54) is 7.11 Å². The van der Waals surface area contributed by atoms with Gasteiger partial charge in [0.2, 0.25) is 5.91 Å². The molecule has 0 bridgehead atoms. The quantitative estimate of drug-likeness (QED) is 0.656. The monoisotopic (exact) mass is 351 g/mol. The first-order valence-corrected chi connectivity index (χ1v) is 8.52. The van der Waals surface area contributed by atoms with E-state index in [-0.39, 0.29) is 18.3 Å². The minimum Gasteiger partial charge on any atom is -0.493 e. The van der Waals surface area contributed by atoms with Gasteiger partial charge in [-0.3, -0.25) is 9.59 Å². The molecule has 0 saturated heterocycles. The smallest absolute Gasteiger partial charge is 0.306 e. The summed E-state index contributed by atoms with van der Waals surface area (Å²) in [6, 6.07) is 5.68. The summed E-state index contributed by atoms with van der Waals surface area (Å²) in [6.07, 6.45) is 1.92. The Morgan fingerprint density at radius 1 is 1.04 bits per heavy atom. The van der Waals surface area contributed by atoms with Crippen LogP contribution in [-0.4, -0.2) is 39.8 Å². The molecule has 1 aromatic rings. The van der Waals surface area contributed by atoms with Gasteiger partial charge in [0.05, 0.1) is 33.2 Å². The van der Waals surface area contributed by atoms with Crippen LogP contribution >= 0.6 is 0 Å². The van der Waals surface area contributed by atoms with Gasteiger partial charge in [-0.1, -0.05) is 19.9 Å². The number of benzene rings is 1. The van der Waals surface area contributed by atoms with Crippen molar-refractivity contribution < 1.29 is 23.8 Å². The second-order valence-corrected chi connectivity index (χ2v) is 5.94. The van der Waals surface area contributed by atoms with E-state index in [2.05, 4.69) is 5.32 Å². The van der Waals surface area contributed by atoms with Crippen molar-refractivity contribution in [2.75, 3.05) is 27.9 Å². The highest BCUT2D eigenvalue weighted by Gasteiger charge is 2.37. The molecular formula is C19H29NO5. The van der Waals surface area contributed by atoms with Crippen LogP contribution in [0.25, 0.3) is 0 Å². The molecule has 140 valence electrons. The number of carbonyl (C=O) groups is 2. The number of hydrogen-bond donors (Lipinski definition) is 1. The number of esters is 1. The molecule has 1 amide bonds. The molecule has 0 heterocycles. The van der Waals surface area contributed by atoms with Crippen molar-refractivity contribution in [1.82, 2.24) is 5.32 Å². The van der Waals surface area contributed by atoms with Crippen LogP contribution in [0, 0.1) is 5.41 Å². The maximum atomic E-state index is 12.6. The van der Waals surface area contributed by atoms with E-state index >= 15 is 0 Å². The Hall–Kier alpha value is -2.24. The van der Waals surface area contributed by atoms with E-state index in [4.69, 9.17) is 14.2 Å². The van der Waals surface area contributed by atoms with Gasteiger partial charge in [-0.15, -0.1) is 0 Å². The van der Waals surface area contributed by atoms with Crippen LogP contribution in [0.1, 0.15) is 38.7 Å². The van der Waals surface area contributed by atoms with E-state index in [1.807, 2.05) is 32.0 Å². The van der Waals surface area contributed by atoms with E-state index in [0.29, 0.717) is 37.3 Å². The van der Waals surface area contributed by atoms with Gasteiger partial charge in [0.15, 0.2) is 11.5 Å². The molecule has 25 heavy (non-hydrogen) atoms. The molecule has 1 N–H and O–H groups in total. The summed E-state index contributed by atoms with van der Waals surface area (Å²) in [4.78, 5) is 24.3. The normalized spacial score (nSPS) is 10.9. The van der Waals surface area contributed by atoms with Gasteiger partial charge in [-0.2, -0.15) is 0 Å². The summed E-state index contributed by atoms with van der Waals surface area (Å²) in [5.41, 5.74) is 0.314. The number of methoxy groups -OCH3 is 3. The Morgan fingerprint density at radius 3 is 2.20 bits per heavy atom. The highest BCUT2D eigenvalue weighted by molar-refractivity contribution is 5.87. The Labute approximate surface area is 149 Å². The lowest BCUT2D eigenvalue weighted by molar-refractivity contribution is -0.148. The van der Waals surface area contributed by atoms with Crippen molar-refractivity contribution in [1.29, 1.82) is 0 Å². The third-order valence-corrected chi connectivity index (χ3v) is 4.69. The predicted octanol–water partition coefficient (Wildman–Crippen LogP) is 2.73. The van der Waals surface area contributed by atoms with Crippen molar-refractivity contribution in [2.24, 2.45) is 5.41 Å². The Balaban J connectivity index is 2.70. The molecule has 1 rings (SSSR count). The highest BCUT2D eigenvalue weighted by atomic mass is 16.5. The molecule has 6 heteroatoms. The minimum absolute atomic E-state index is 0.0959. The summed E-state index contributed by atoms with van der Waals surface area (Å²) in [6.45, 7) is 4.32. The van der Waals surface area contributed by atoms with Crippen LogP contribution < -0.4 is 14.8 Å². The molecule has 0 fully saturated rings. The largest absolute Gasteiger partial charge is 0.493 e. The topological polar surface area (TPSA) is 73.9 Å². The van der Waals surface area contributed by atoms with Crippen LogP contribution in [0.4, 0.5) is 0 Å². The van der Waals surface area contributed by atoms with Crippen LogP contribution in [0.3, 0.4) is 0 Å². The fraction of sp³-hybridized carbons (Fsp3) is 0.579. The van der Waals surface area contributed by atoms with Gasteiger partial charge in [-0.05, 0) is 37.0 Å². The fourth-order valence-corrected chi connectivity index (χ4v) is 2.79. The maximum absolute atomic E-state index is 12.6. The molecule has 0 aliphatic carbocycles. The third kappa shape index (κ3) is 5.37. The van der Waals surface area contributed by atoms with Gasteiger partial charge in [0.1, 0.15) is 0 Å². The summed E-state index contributed by atoms with van der Waals surface area (Å²) < 4.78 is 15.2. The lowest BCUT2D eigenvalue weighted by atomic mass is 9.78. The van der Waals surface area contributed by atoms with Gasteiger partial charge >= 0.3 is 5.97 Å². The number of hydrogen-bond acceptors (Lipinski definition) is 5. The van der Waals surface area contributed by atoms with Crippen molar-refractivity contribution in [3.05, 3.63) is 23.8 Å². The second-order valence-electron chi connectivity index (χ2n) is 5.94. The molecule has 0 saturated carbocycles. The third-order valence-electron chi connectivity index (χ3n) is 4.69. The Bertz CT molecular complexity index is 581. The molecule has 0 aliphatic rings. The Kier molecular flexibility index (Phi) is 8.25. The summed E-state index contributed by atoms with van der Waals surface area (Å²) in [5.74, 6) is 0.861. The van der Waals surface area contributed by atoms with E-state index in [1.54, 1.807) is 14.2 Å². The number of ether oxygens (including phenoxy) is 3. The number of nitrogens with one attached hydrogen (secondary N) is 1. The van der Waals surface area contributed by atoms with Crippen LogP contribution in [0.5, 0.6) is 11.5 Å². The zero-order chi connectivity index (χ0) is 18.9. The van der Waals surface area contributed by atoms with E-state index < -0.39 is 5.41 Å². The number of rotatable bonds is 10. The molecule has 0 aromatic heterocycles. The van der Waals surface area contributed by atoms with Crippen LogP contribution in [0.15, 0.2) is 18.2 Å². The Morgan fingerprint density at radius 2 is 1.68 bits per heavy atom. The van der Waals surface area contributed by atoms with Crippen LogP contribution in [-0.2, 0) is 20.7 Å². The zero-order valence-electron chi connectivity index (χ0n) is 15.8. The van der Waals surface area contributed by atoms with Crippen molar-refractivity contribution >= 4 is 11.9 Å². The summed E-state index contributed by atoms with van der Waals surface area (Å²) in [7, 11) is 4.52. The second kappa shape index (κ2) is 9.91. The number of carbonyl (C=O) groups excluding carboxylic acids is 2. The van der Waals surface area contributed by atoms with Crippen LogP contribution in [0.2, 0.25) is 0 Å². The molecule has 0 spiro atoms. The molecule has 0 radical (unpaired) electrons. The predicted molar refractivity (Wildman–Crippen MR) is 95.9 cm³/mol. The van der Waals surface area contributed by atoms with Crippen molar-refractivity contribution in [2.45, 2.75) is 39.5 Å². The first kappa shape index (κ1) is 20.8. The molecule has 0 atom stereocenters. The minimum atomic E-state index is -0.718. The first-order chi connectivity index (χ1) is 12.0. The maximum Gasteiger partial charge on any atom is 0.306 e. The number of amides is 1. The summed E-state index contributed by atoms with van der Waals surface area (Å²) in [5, 5.41) is 2.95. The molecular weight excluding hydrogens is 322 g/mol. The lowest BCUT2D eigenvalue weighted by Gasteiger charge is -2.29. The van der Waals surface area contributed by atoms with E-state index in [0.717, 1.165) is 5.56 Å². The van der Waals surface area contributed by atoms with E-state index in [9.17, 15) is 9.59 Å². The van der Waals surface area contributed by atoms with Crippen molar-refractivity contribution in [3.8, 4) is 11.5 Å². The molecule has 6 nitrogen and oxygen atoms in total. The SMILES string of the molecule is CCC(CC)(CC(=O)OC)C(=O)NCCc1ccc(OC)c(OC)c1. The van der Waals surface area contributed by atoms with Gasteiger partial charge in [0, 0.05) is 6.54 Å². The van der Waals surface area contributed by atoms with Crippen molar-refractivity contribution in [3.63, 3.8) is 0 Å². The van der Waals surface area contributed by atoms with Gasteiger partial charge in [-0.25, -0.2) is 0 Å². The average molecular weight is 351 g/mol. The van der Waals surface area contributed by atoms with Gasteiger partial charge in [0.25, 0.3) is 0 Å². The highest BCUT2D eigenvalue weighted by Crippen LogP contribution is 2.31. The average Bonchev–Trinajstić information content (AvgIpc) is 2.65. The zero-order valence-corrected chi connectivity index (χ0v) is 15.8. The van der Waals surface area contributed by atoms with Gasteiger partial charge < -0.3 is 19.5 Å². The molecule has 0 unspecified atom stereocenters. The molecule has 0 aliphatic heterocycles. The first-order valence-electron chi connectivity index (χ1n) is 8.52. The standard InChI is InChI=1S/C19H29NO5/c1-6-19(7-2,13-17(21)25-5)18(22)20-11-10-14-8-9-15(23-3)16(12-14)24-4/h8-9,12H,6-7,10-11,13H2,1-5H3,(H,20,22). The lowest BCUT2D eigenvalue weighted by Crippen LogP contribution is -2.42. The molecule has 1 aromatic carbocycles.